The molecule has 2 heterocycles. The van der Waals surface area contributed by atoms with E-state index in [-0.39, 0.29) is 40.9 Å². The molecule has 2 aromatic rings. The average molecular weight is 393 g/mol. The monoisotopic (exact) mass is 392 g/mol. The van der Waals surface area contributed by atoms with Gasteiger partial charge >= 0.3 is 0 Å². The molecule has 2 amide bonds. The third-order valence-electron chi connectivity index (χ3n) is 6.89. The van der Waals surface area contributed by atoms with Gasteiger partial charge in [0.2, 0.25) is 0 Å². The Morgan fingerprint density at radius 3 is 2.25 bits per heavy atom. The predicted octanol–water partition coefficient (Wildman–Crippen LogP) is 4.13. The van der Waals surface area contributed by atoms with Crippen molar-refractivity contribution in [3.05, 3.63) is 59.3 Å². The molecule has 2 bridgehead atoms. The summed E-state index contributed by atoms with van der Waals surface area (Å²) in [5, 5.41) is 5.91. The quantitative estimate of drug-likeness (QED) is 0.448. The van der Waals surface area contributed by atoms with Gasteiger partial charge in [0.15, 0.2) is 0 Å². The fraction of sp³-hybridized carbons (Fsp3) is 0.318. The molecule has 0 unspecified atom stereocenters. The molecule has 1 aromatic heterocycles. The number of imide groups is 1. The summed E-state index contributed by atoms with van der Waals surface area (Å²) in [6.45, 7) is 0. The minimum absolute atomic E-state index is 0.168. The smallest absolute Gasteiger partial charge is 0.254 e. The van der Waals surface area contributed by atoms with Crippen LogP contribution in [0.4, 0.5) is 0 Å². The second kappa shape index (κ2) is 5.45. The highest BCUT2D eigenvalue weighted by molar-refractivity contribution is 6.30. The third-order valence-corrected chi connectivity index (χ3v) is 7.14. The summed E-state index contributed by atoms with van der Waals surface area (Å²) in [7, 11) is 0. The molecule has 0 radical (unpaired) electrons. The lowest BCUT2D eigenvalue weighted by Crippen LogP contribution is -2.30. The predicted molar refractivity (Wildman–Crippen MR) is 103 cm³/mol. The number of rotatable bonds is 3. The number of fused-ring (bicyclic) bond motifs is 3. The Balaban J connectivity index is 1.24. The van der Waals surface area contributed by atoms with Gasteiger partial charge in [-0.25, -0.2) is 0 Å². The Bertz CT molecular complexity index is 1030. The zero-order chi connectivity index (χ0) is 19.0. The van der Waals surface area contributed by atoms with Crippen molar-refractivity contribution in [3.8, 4) is 11.3 Å². The van der Waals surface area contributed by atoms with E-state index < -0.39 is 0 Å². The van der Waals surface area contributed by atoms with E-state index in [0.717, 1.165) is 23.4 Å². The zero-order valence-corrected chi connectivity index (χ0v) is 15.7. The maximum absolute atomic E-state index is 12.9. The number of nitrogens with zero attached hydrogens (tertiary/aromatic N) is 2. The van der Waals surface area contributed by atoms with Crippen molar-refractivity contribution in [1.82, 2.24) is 5.01 Å². The fourth-order valence-electron chi connectivity index (χ4n) is 5.48. The number of amides is 2. The molecular weight excluding hydrogens is 376 g/mol. The van der Waals surface area contributed by atoms with Crippen LogP contribution in [0, 0.1) is 29.1 Å². The number of hydrogen-bond acceptors (Lipinski definition) is 4. The highest BCUT2D eigenvalue weighted by atomic mass is 35.5. The maximum atomic E-state index is 12.9. The van der Waals surface area contributed by atoms with Crippen molar-refractivity contribution < 1.29 is 14.0 Å². The normalized spacial score (nSPS) is 31.5. The number of allylic oxidation sites excluding steroid dienone is 2. The summed E-state index contributed by atoms with van der Waals surface area (Å²) in [6, 6.07) is 10.9. The lowest BCUT2D eigenvalue weighted by Gasteiger charge is -2.18. The van der Waals surface area contributed by atoms with E-state index in [1.165, 1.54) is 6.21 Å². The van der Waals surface area contributed by atoms with E-state index in [1.807, 2.05) is 18.2 Å². The molecule has 1 aliphatic heterocycles. The average Bonchev–Trinajstić information content (AvgIpc) is 2.97. The maximum Gasteiger partial charge on any atom is 0.254 e. The molecule has 28 heavy (non-hydrogen) atoms. The molecule has 1 saturated heterocycles. The van der Waals surface area contributed by atoms with Crippen LogP contribution in [-0.2, 0) is 9.59 Å². The van der Waals surface area contributed by atoms with Gasteiger partial charge in [-0.3, -0.25) is 9.59 Å². The van der Waals surface area contributed by atoms with Crippen LogP contribution in [0.1, 0.15) is 18.6 Å². The number of carbonyl (C=O) groups is 2. The van der Waals surface area contributed by atoms with Crippen molar-refractivity contribution in [2.75, 3.05) is 0 Å². The fourth-order valence-corrected chi connectivity index (χ4v) is 5.61. The van der Waals surface area contributed by atoms with Crippen LogP contribution in [0.25, 0.3) is 11.3 Å². The molecule has 4 aliphatic rings. The van der Waals surface area contributed by atoms with Gasteiger partial charge in [-0.2, -0.15) is 10.1 Å². The van der Waals surface area contributed by atoms with Crippen molar-refractivity contribution >= 4 is 29.6 Å². The molecule has 5 nitrogen and oxygen atoms in total. The summed E-state index contributed by atoms with van der Waals surface area (Å²) in [5.41, 5.74) is 1.09. The van der Waals surface area contributed by atoms with Crippen molar-refractivity contribution in [1.29, 1.82) is 0 Å². The van der Waals surface area contributed by atoms with E-state index in [4.69, 9.17) is 16.0 Å². The number of furan rings is 1. The zero-order valence-electron chi connectivity index (χ0n) is 14.9. The number of benzene rings is 1. The first-order chi connectivity index (χ1) is 13.6. The van der Waals surface area contributed by atoms with Gasteiger partial charge in [0.05, 0.1) is 18.1 Å². The Labute approximate surface area is 166 Å². The molecule has 1 aromatic carbocycles. The van der Waals surface area contributed by atoms with E-state index >= 15 is 0 Å². The second-order valence-electron chi connectivity index (χ2n) is 8.16. The minimum Gasteiger partial charge on any atom is -0.455 e. The van der Waals surface area contributed by atoms with Gasteiger partial charge in [0, 0.05) is 10.6 Å². The molecule has 1 spiro atoms. The van der Waals surface area contributed by atoms with Crippen molar-refractivity contribution in [2.45, 2.75) is 12.8 Å². The largest absolute Gasteiger partial charge is 0.455 e. The molecule has 4 atom stereocenters. The summed E-state index contributed by atoms with van der Waals surface area (Å²) in [5.74, 6) is 0.775. The van der Waals surface area contributed by atoms with Crippen molar-refractivity contribution in [2.24, 2.45) is 34.2 Å². The van der Waals surface area contributed by atoms with Crippen LogP contribution in [0.15, 0.2) is 58.1 Å². The number of carbonyl (C=O) groups excluding carboxylic acids is 2. The molecule has 2 saturated carbocycles. The SMILES string of the molecule is O=C1[C@@H]2[C@@H](C(=O)N1/N=C\c1ccc(-c3ccc(Cl)cc3)o1)[C@H]1C=C[C@H]2C12CC2. The number of hydrazone groups is 1. The number of hydrogen-bond donors (Lipinski definition) is 0. The Morgan fingerprint density at radius 2 is 1.64 bits per heavy atom. The van der Waals surface area contributed by atoms with Crippen LogP contribution in [-0.4, -0.2) is 23.0 Å². The van der Waals surface area contributed by atoms with Gasteiger partial charge in [-0.05, 0) is 66.5 Å². The molecule has 140 valence electrons. The van der Waals surface area contributed by atoms with E-state index in [9.17, 15) is 9.59 Å². The Kier molecular flexibility index (Phi) is 3.17. The minimum atomic E-state index is -0.233. The topological polar surface area (TPSA) is 62.9 Å². The highest BCUT2D eigenvalue weighted by Gasteiger charge is 2.73. The van der Waals surface area contributed by atoms with E-state index in [1.54, 1.807) is 18.2 Å². The van der Waals surface area contributed by atoms with Crippen LogP contribution < -0.4 is 0 Å². The molecule has 3 aliphatic carbocycles. The number of halogens is 1. The second-order valence-corrected chi connectivity index (χ2v) is 8.60. The Morgan fingerprint density at radius 1 is 1.00 bits per heavy atom. The Hall–Kier alpha value is -2.66. The highest BCUT2D eigenvalue weighted by Crippen LogP contribution is 2.73. The first kappa shape index (κ1) is 16.3. The van der Waals surface area contributed by atoms with E-state index in [0.29, 0.717) is 16.5 Å². The third kappa shape index (κ3) is 2.05. The van der Waals surface area contributed by atoms with Crippen molar-refractivity contribution in [3.63, 3.8) is 0 Å². The summed E-state index contributed by atoms with van der Waals surface area (Å²) >= 11 is 5.92. The molecular formula is C22H17ClN2O3. The molecule has 3 fully saturated rings. The lowest BCUT2D eigenvalue weighted by atomic mass is 9.85. The van der Waals surface area contributed by atoms with Gasteiger partial charge in [0.25, 0.3) is 11.8 Å². The van der Waals surface area contributed by atoms with Gasteiger partial charge < -0.3 is 4.42 Å². The van der Waals surface area contributed by atoms with Crippen LogP contribution >= 0.6 is 11.6 Å². The van der Waals surface area contributed by atoms with Gasteiger partial charge in [-0.1, -0.05) is 23.8 Å². The van der Waals surface area contributed by atoms with Gasteiger partial charge in [0.1, 0.15) is 11.5 Å². The summed E-state index contributed by atoms with van der Waals surface area (Å²) in [6.07, 6.45) is 8.01. The van der Waals surface area contributed by atoms with E-state index in [2.05, 4.69) is 17.3 Å². The van der Waals surface area contributed by atoms with Gasteiger partial charge in [-0.15, -0.1) is 0 Å². The first-order valence-electron chi connectivity index (χ1n) is 9.54. The summed E-state index contributed by atoms with van der Waals surface area (Å²) in [4.78, 5) is 25.8. The molecule has 6 rings (SSSR count). The van der Waals surface area contributed by atoms with Crippen LogP contribution in [0.5, 0.6) is 0 Å². The molecule has 0 N–H and O–H groups in total. The van der Waals surface area contributed by atoms with Crippen LogP contribution in [0.3, 0.4) is 0 Å². The van der Waals surface area contributed by atoms with Crippen LogP contribution in [0.2, 0.25) is 5.02 Å². The molecule has 6 heteroatoms. The first-order valence-corrected chi connectivity index (χ1v) is 9.92. The lowest BCUT2D eigenvalue weighted by molar-refractivity contribution is -0.141. The summed E-state index contributed by atoms with van der Waals surface area (Å²) < 4.78 is 5.78. The standard InChI is InChI=1S/C22H17ClN2O3/c23-13-3-1-12(2-4-13)17-8-5-14(28-17)11-24-25-20(26)18-15-6-7-16(19(18)21(25)27)22(15)9-10-22/h1-8,11,15-16,18-19H,9-10H2/b24-11-/t15-,16-,18+,19+/m1/s1.